The molecule has 0 fully saturated rings. The van der Waals surface area contributed by atoms with Gasteiger partial charge in [0.2, 0.25) is 5.89 Å². The highest BCUT2D eigenvalue weighted by Crippen LogP contribution is 2.15. The van der Waals surface area contributed by atoms with Crippen LogP contribution in [0, 0.1) is 6.92 Å². The molecule has 24 heavy (non-hydrogen) atoms. The van der Waals surface area contributed by atoms with Crippen LogP contribution in [-0.2, 0) is 19.6 Å². The molecular formula is C18H18N2O4. The Labute approximate surface area is 139 Å². The van der Waals surface area contributed by atoms with Crippen LogP contribution in [0.4, 0.5) is 0 Å². The first-order valence-electron chi connectivity index (χ1n) is 7.58. The molecule has 0 atom stereocenters. The van der Waals surface area contributed by atoms with Gasteiger partial charge in [-0.3, -0.25) is 4.90 Å². The van der Waals surface area contributed by atoms with E-state index in [1.807, 2.05) is 31.2 Å². The lowest BCUT2D eigenvalue weighted by atomic mass is 10.1. The summed E-state index contributed by atoms with van der Waals surface area (Å²) in [6.07, 6.45) is 2.79. The number of hydrogen-bond acceptors (Lipinski definition) is 5. The van der Waals surface area contributed by atoms with Crippen LogP contribution in [0.3, 0.4) is 0 Å². The maximum atomic E-state index is 10.9. The van der Waals surface area contributed by atoms with Crippen molar-refractivity contribution in [2.24, 2.45) is 0 Å². The largest absolute Gasteiger partial charge is 0.476 e. The first-order chi connectivity index (χ1) is 11.6. The van der Waals surface area contributed by atoms with Gasteiger partial charge in [-0.2, -0.15) is 0 Å². The summed E-state index contributed by atoms with van der Waals surface area (Å²) in [5.74, 6) is 0.0977. The SMILES string of the molecule is Cc1cccc(CN(Cc2ccco2)Cc2nc(C(=O)O)co2)c1. The molecule has 1 N–H and O–H groups in total. The summed E-state index contributed by atoms with van der Waals surface area (Å²) in [6, 6.07) is 12.0. The second kappa shape index (κ2) is 7.14. The minimum Gasteiger partial charge on any atom is -0.476 e. The molecule has 2 heterocycles. The fraction of sp³-hybridized carbons (Fsp3) is 0.222. The van der Waals surface area contributed by atoms with Gasteiger partial charge in [-0.15, -0.1) is 0 Å². The van der Waals surface area contributed by atoms with Crippen molar-refractivity contribution >= 4 is 5.97 Å². The molecule has 0 aliphatic carbocycles. The Balaban J connectivity index is 1.76. The van der Waals surface area contributed by atoms with E-state index in [1.165, 1.54) is 5.56 Å². The number of rotatable bonds is 7. The molecule has 0 spiro atoms. The number of furan rings is 1. The Bertz CT molecular complexity index is 808. The van der Waals surface area contributed by atoms with Crippen molar-refractivity contribution in [3.8, 4) is 0 Å². The van der Waals surface area contributed by atoms with Crippen molar-refractivity contribution in [2.75, 3.05) is 0 Å². The zero-order chi connectivity index (χ0) is 16.9. The highest BCUT2D eigenvalue weighted by atomic mass is 16.4. The van der Waals surface area contributed by atoms with Crippen molar-refractivity contribution in [3.05, 3.63) is 77.4 Å². The maximum absolute atomic E-state index is 10.9. The van der Waals surface area contributed by atoms with Gasteiger partial charge in [0, 0.05) is 6.54 Å². The summed E-state index contributed by atoms with van der Waals surface area (Å²) in [5, 5.41) is 8.95. The van der Waals surface area contributed by atoms with Gasteiger partial charge in [-0.25, -0.2) is 9.78 Å². The van der Waals surface area contributed by atoms with E-state index in [1.54, 1.807) is 6.26 Å². The molecule has 6 nitrogen and oxygen atoms in total. The molecule has 2 aromatic heterocycles. The van der Waals surface area contributed by atoms with Gasteiger partial charge in [0.05, 0.1) is 19.4 Å². The average Bonchev–Trinajstić information content (AvgIpc) is 3.19. The van der Waals surface area contributed by atoms with Crippen LogP contribution in [0.15, 0.2) is 57.8 Å². The second-order valence-corrected chi connectivity index (χ2v) is 5.65. The van der Waals surface area contributed by atoms with Gasteiger partial charge >= 0.3 is 5.97 Å². The van der Waals surface area contributed by atoms with Gasteiger partial charge in [0.25, 0.3) is 0 Å². The molecule has 3 aromatic rings. The van der Waals surface area contributed by atoms with E-state index in [9.17, 15) is 4.79 Å². The molecule has 0 amide bonds. The number of nitrogens with zero attached hydrogens (tertiary/aromatic N) is 2. The number of hydrogen-bond donors (Lipinski definition) is 1. The topological polar surface area (TPSA) is 79.7 Å². The van der Waals surface area contributed by atoms with Crippen LogP contribution in [0.1, 0.15) is 33.3 Å². The van der Waals surface area contributed by atoms with Crippen molar-refractivity contribution < 1.29 is 18.7 Å². The number of benzene rings is 1. The van der Waals surface area contributed by atoms with Gasteiger partial charge in [0.15, 0.2) is 5.69 Å². The predicted octanol–water partition coefficient (Wildman–Crippen LogP) is 3.48. The third kappa shape index (κ3) is 4.11. The lowest BCUT2D eigenvalue weighted by Gasteiger charge is -2.20. The molecule has 124 valence electrons. The van der Waals surface area contributed by atoms with Crippen LogP contribution in [0.5, 0.6) is 0 Å². The van der Waals surface area contributed by atoms with E-state index in [-0.39, 0.29) is 5.69 Å². The molecule has 1 aromatic carbocycles. The summed E-state index contributed by atoms with van der Waals surface area (Å²) in [4.78, 5) is 17.0. The van der Waals surface area contributed by atoms with Crippen LogP contribution >= 0.6 is 0 Å². The lowest BCUT2D eigenvalue weighted by Crippen LogP contribution is -2.22. The standard InChI is InChI=1S/C18H18N2O4/c1-13-4-2-5-14(8-13)9-20(10-15-6-3-7-23-15)11-17-19-16(12-24-17)18(21)22/h2-8,12H,9-11H2,1H3,(H,21,22). The van der Waals surface area contributed by atoms with Crippen LogP contribution in [0.25, 0.3) is 0 Å². The van der Waals surface area contributed by atoms with Gasteiger partial charge in [-0.1, -0.05) is 29.8 Å². The first-order valence-corrected chi connectivity index (χ1v) is 7.58. The minimum absolute atomic E-state index is 0.0847. The molecule has 0 unspecified atom stereocenters. The fourth-order valence-corrected chi connectivity index (χ4v) is 2.53. The van der Waals surface area contributed by atoms with E-state index in [2.05, 4.69) is 22.0 Å². The predicted molar refractivity (Wildman–Crippen MR) is 86.3 cm³/mol. The number of oxazole rings is 1. The van der Waals surface area contributed by atoms with E-state index in [0.717, 1.165) is 17.6 Å². The molecule has 6 heteroatoms. The second-order valence-electron chi connectivity index (χ2n) is 5.65. The number of aryl methyl sites for hydroxylation is 1. The normalized spacial score (nSPS) is 11.1. The lowest BCUT2D eigenvalue weighted by molar-refractivity contribution is 0.0690. The van der Waals surface area contributed by atoms with Crippen LogP contribution in [-0.4, -0.2) is 21.0 Å². The number of carbonyl (C=O) groups is 1. The van der Waals surface area contributed by atoms with Crippen molar-refractivity contribution in [2.45, 2.75) is 26.6 Å². The number of carboxylic acids is 1. The van der Waals surface area contributed by atoms with Crippen molar-refractivity contribution in [1.29, 1.82) is 0 Å². The number of aromatic carboxylic acids is 1. The molecule has 0 saturated heterocycles. The molecule has 0 bridgehead atoms. The van der Waals surface area contributed by atoms with Crippen molar-refractivity contribution in [1.82, 2.24) is 9.88 Å². The van der Waals surface area contributed by atoms with Crippen LogP contribution < -0.4 is 0 Å². The molecule has 0 aliphatic rings. The van der Waals surface area contributed by atoms with Crippen LogP contribution in [0.2, 0.25) is 0 Å². The van der Waals surface area contributed by atoms with E-state index in [4.69, 9.17) is 13.9 Å². The summed E-state index contributed by atoms with van der Waals surface area (Å²) < 4.78 is 10.7. The third-order valence-electron chi connectivity index (χ3n) is 3.58. The fourth-order valence-electron chi connectivity index (χ4n) is 2.53. The average molecular weight is 326 g/mol. The first kappa shape index (κ1) is 16.0. The molecule has 0 aliphatic heterocycles. The monoisotopic (exact) mass is 326 g/mol. The smallest absolute Gasteiger partial charge is 0.357 e. The molecule has 3 rings (SSSR count). The molecular weight excluding hydrogens is 308 g/mol. The van der Waals surface area contributed by atoms with Gasteiger partial charge in [0.1, 0.15) is 12.0 Å². The Hall–Kier alpha value is -2.86. The Morgan fingerprint density at radius 2 is 2.04 bits per heavy atom. The van der Waals surface area contributed by atoms with Gasteiger partial charge < -0.3 is 13.9 Å². The van der Waals surface area contributed by atoms with Crippen molar-refractivity contribution in [3.63, 3.8) is 0 Å². The third-order valence-corrected chi connectivity index (χ3v) is 3.58. The highest BCUT2D eigenvalue weighted by molar-refractivity contribution is 5.84. The summed E-state index contributed by atoms with van der Waals surface area (Å²) in [7, 11) is 0. The zero-order valence-electron chi connectivity index (χ0n) is 13.3. The number of aromatic nitrogens is 1. The zero-order valence-corrected chi connectivity index (χ0v) is 13.3. The van der Waals surface area contributed by atoms with E-state index < -0.39 is 5.97 Å². The number of carboxylic acid groups (broad SMARTS) is 1. The van der Waals surface area contributed by atoms with E-state index in [0.29, 0.717) is 25.5 Å². The minimum atomic E-state index is -1.10. The molecule has 0 saturated carbocycles. The highest BCUT2D eigenvalue weighted by Gasteiger charge is 2.15. The summed E-state index contributed by atoms with van der Waals surface area (Å²) in [5.41, 5.74) is 2.26. The Kier molecular flexibility index (Phi) is 4.77. The summed E-state index contributed by atoms with van der Waals surface area (Å²) >= 11 is 0. The quantitative estimate of drug-likeness (QED) is 0.716. The molecule has 0 radical (unpaired) electrons. The van der Waals surface area contributed by atoms with Gasteiger partial charge in [-0.05, 0) is 24.6 Å². The Morgan fingerprint density at radius 3 is 2.71 bits per heavy atom. The maximum Gasteiger partial charge on any atom is 0.357 e. The summed E-state index contributed by atoms with van der Waals surface area (Å²) in [6.45, 7) is 3.69. The Morgan fingerprint density at radius 1 is 1.17 bits per heavy atom. The van der Waals surface area contributed by atoms with E-state index >= 15 is 0 Å².